The van der Waals surface area contributed by atoms with Gasteiger partial charge in [0.2, 0.25) is 5.91 Å². The molecule has 0 aliphatic carbocycles. The molecule has 2 radical (unpaired) electrons. The van der Waals surface area contributed by atoms with Crippen molar-refractivity contribution < 1.29 is 14.3 Å². The van der Waals surface area contributed by atoms with Crippen molar-refractivity contribution in [2.75, 3.05) is 39.9 Å². The average Bonchev–Trinajstić information content (AvgIpc) is 2.48. The molecule has 0 aromatic heterocycles. The van der Waals surface area contributed by atoms with Crippen LogP contribution in [0.25, 0.3) is 0 Å². The van der Waals surface area contributed by atoms with Crippen molar-refractivity contribution in [1.29, 1.82) is 0 Å². The summed E-state index contributed by atoms with van der Waals surface area (Å²) in [6.45, 7) is 7.86. The Morgan fingerprint density at radius 1 is 1.10 bits per heavy atom. The Bertz CT molecular complexity index is 476. The van der Waals surface area contributed by atoms with Crippen LogP contribution in [-0.2, 0) is 9.53 Å². The van der Waals surface area contributed by atoms with Crippen LogP contribution in [0, 0.1) is 6.92 Å². The summed E-state index contributed by atoms with van der Waals surface area (Å²) in [5.74, 6) is -0.0593. The number of ether oxygens (including phenoxy) is 1. The van der Waals surface area contributed by atoms with Gasteiger partial charge in [-0.1, -0.05) is 12.1 Å². The quantitative estimate of drug-likeness (QED) is 0.814. The fourth-order valence-corrected chi connectivity index (χ4v) is 2.18. The van der Waals surface area contributed by atoms with Gasteiger partial charge in [-0.25, -0.2) is 0 Å². The number of nitrogens with zero attached hydrogens (tertiary/aromatic N) is 2. The molecule has 2 rings (SSSR count). The van der Waals surface area contributed by atoms with Crippen LogP contribution < -0.4 is 0 Å². The van der Waals surface area contributed by atoms with Gasteiger partial charge in [0.15, 0.2) is 0 Å². The number of carbonyl (C=O) groups is 2. The number of piperazine rings is 1. The summed E-state index contributed by atoms with van der Waals surface area (Å²) in [6, 6.07) is 6.87. The first-order chi connectivity index (χ1) is 9.61. The van der Waals surface area contributed by atoms with E-state index in [2.05, 4.69) is 0 Å². The Kier molecular flexibility index (Phi) is 4.74. The van der Waals surface area contributed by atoms with Gasteiger partial charge in [-0.05, 0) is 24.6 Å². The third kappa shape index (κ3) is 3.36. The second-order valence-electron chi connectivity index (χ2n) is 4.73. The van der Waals surface area contributed by atoms with Crippen LogP contribution in [0.5, 0.6) is 0 Å². The molecule has 20 heavy (non-hydrogen) atoms. The molecule has 0 spiro atoms. The van der Waals surface area contributed by atoms with Gasteiger partial charge < -0.3 is 14.5 Å². The van der Waals surface area contributed by atoms with Crippen LogP contribution in [0.3, 0.4) is 0 Å². The molecule has 1 aliphatic heterocycles. The SMILES string of the molecule is [CH]c1ccc(C(=O)N2CCN(C(=O)COC)CC2)cc1. The molecule has 1 aliphatic rings. The number of rotatable bonds is 3. The van der Waals surface area contributed by atoms with Crippen molar-refractivity contribution in [3.63, 3.8) is 0 Å². The Hall–Kier alpha value is -1.88. The van der Waals surface area contributed by atoms with E-state index >= 15 is 0 Å². The van der Waals surface area contributed by atoms with Crippen LogP contribution in [0.4, 0.5) is 0 Å². The maximum atomic E-state index is 12.3. The average molecular weight is 274 g/mol. The minimum atomic E-state index is -0.0351. The molecule has 1 aromatic rings. The van der Waals surface area contributed by atoms with E-state index in [-0.39, 0.29) is 18.4 Å². The van der Waals surface area contributed by atoms with Crippen molar-refractivity contribution in [3.05, 3.63) is 42.3 Å². The van der Waals surface area contributed by atoms with E-state index in [9.17, 15) is 9.59 Å². The number of amides is 2. The van der Waals surface area contributed by atoms with E-state index in [0.717, 1.165) is 0 Å². The predicted molar refractivity (Wildman–Crippen MR) is 74.2 cm³/mol. The lowest BCUT2D eigenvalue weighted by molar-refractivity contribution is -0.136. The lowest BCUT2D eigenvalue weighted by atomic mass is 10.1. The van der Waals surface area contributed by atoms with E-state index in [1.165, 1.54) is 7.11 Å². The van der Waals surface area contributed by atoms with Crippen molar-refractivity contribution in [2.24, 2.45) is 0 Å². The molecule has 0 bridgehead atoms. The van der Waals surface area contributed by atoms with Gasteiger partial charge in [0.25, 0.3) is 5.91 Å². The lowest BCUT2D eigenvalue weighted by Crippen LogP contribution is -2.51. The molecule has 2 amide bonds. The molecule has 0 atom stereocenters. The van der Waals surface area contributed by atoms with Gasteiger partial charge in [0.1, 0.15) is 6.61 Å². The Morgan fingerprint density at radius 3 is 2.20 bits per heavy atom. The highest BCUT2D eigenvalue weighted by molar-refractivity contribution is 5.94. The summed E-state index contributed by atoms with van der Waals surface area (Å²) >= 11 is 0. The zero-order chi connectivity index (χ0) is 14.5. The molecule has 0 saturated carbocycles. The van der Waals surface area contributed by atoms with Gasteiger partial charge >= 0.3 is 0 Å². The summed E-state index contributed by atoms with van der Waals surface area (Å²) in [5.41, 5.74) is 1.26. The smallest absolute Gasteiger partial charge is 0.253 e. The highest BCUT2D eigenvalue weighted by Gasteiger charge is 2.24. The number of methoxy groups -OCH3 is 1. The minimum Gasteiger partial charge on any atom is -0.375 e. The zero-order valence-electron chi connectivity index (χ0n) is 11.5. The van der Waals surface area contributed by atoms with Crippen molar-refractivity contribution >= 4 is 11.8 Å². The van der Waals surface area contributed by atoms with Gasteiger partial charge in [-0.15, -0.1) is 0 Å². The fourth-order valence-electron chi connectivity index (χ4n) is 2.18. The second kappa shape index (κ2) is 6.52. The standard InChI is InChI=1S/C15H18N2O3/c1-12-3-5-13(6-4-12)15(19)17-9-7-16(8-10-17)14(18)11-20-2/h1,3-6H,7-11H2,2H3. The van der Waals surface area contributed by atoms with Crippen LogP contribution in [0.1, 0.15) is 15.9 Å². The zero-order valence-corrected chi connectivity index (χ0v) is 11.5. The van der Waals surface area contributed by atoms with E-state index in [0.29, 0.717) is 37.3 Å². The number of carbonyl (C=O) groups excluding carboxylic acids is 2. The fraction of sp³-hybridized carbons (Fsp3) is 0.400. The largest absolute Gasteiger partial charge is 0.375 e. The predicted octanol–water partition coefficient (Wildman–Crippen LogP) is 0.677. The molecule has 5 nitrogen and oxygen atoms in total. The number of benzene rings is 1. The monoisotopic (exact) mass is 274 g/mol. The Labute approximate surface area is 119 Å². The minimum absolute atomic E-state index is 0.0242. The molecule has 1 heterocycles. The molecule has 1 saturated heterocycles. The maximum Gasteiger partial charge on any atom is 0.253 e. The highest BCUT2D eigenvalue weighted by Crippen LogP contribution is 2.10. The van der Waals surface area contributed by atoms with E-state index in [1.807, 2.05) is 0 Å². The molecular formula is C15H18N2O3. The molecule has 5 heteroatoms. The van der Waals surface area contributed by atoms with Crippen molar-refractivity contribution in [2.45, 2.75) is 0 Å². The Morgan fingerprint density at radius 2 is 1.65 bits per heavy atom. The molecule has 0 unspecified atom stereocenters. The van der Waals surface area contributed by atoms with Gasteiger partial charge in [0.05, 0.1) is 0 Å². The first kappa shape index (κ1) is 14.5. The summed E-state index contributed by atoms with van der Waals surface area (Å²) in [4.78, 5) is 27.4. The normalized spacial score (nSPS) is 15.3. The van der Waals surface area contributed by atoms with Gasteiger partial charge in [-0.2, -0.15) is 0 Å². The summed E-state index contributed by atoms with van der Waals surface area (Å²) < 4.78 is 4.83. The van der Waals surface area contributed by atoms with Crippen molar-refractivity contribution in [3.8, 4) is 0 Å². The number of hydrogen-bond donors (Lipinski definition) is 0. The van der Waals surface area contributed by atoms with E-state index in [1.54, 1.807) is 34.1 Å². The van der Waals surface area contributed by atoms with E-state index < -0.39 is 0 Å². The molecule has 1 aromatic carbocycles. The topological polar surface area (TPSA) is 49.9 Å². The van der Waals surface area contributed by atoms with E-state index in [4.69, 9.17) is 11.7 Å². The van der Waals surface area contributed by atoms with Gasteiger partial charge in [-0.3, -0.25) is 9.59 Å². The summed E-state index contributed by atoms with van der Waals surface area (Å²) in [7, 11) is 1.50. The molecule has 106 valence electrons. The van der Waals surface area contributed by atoms with Crippen LogP contribution in [-0.4, -0.2) is 61.5 Å². The summed E-state index contributed by atoms with van der Waals surface area (Å²) in [5, 5.41) is 0. The highest BCUT2D eigenvalue weighted by atomic mass is 16.5. The molecule has 1 fully saturated rings. The first-order valence-corrected chi connectivity index (χ1v) is 6.53. The Balaban J connectivity index is 1.92. The van der Waals surface area contributed by atoms with Crippen LogP contribution in [0.15, 0.2) is 24.3 Å². The second-order valence-corrected chi connectivity index (χ2v) is 4.73. The van der Waals surface area contributed by atoms with Crippen LogP contribution in [0.2, 0.25) is 0 Å². The lowest BCUT2D eigenvalue weighted by Gasteiger charge is -2.34. The first-order valence-electron chi connectivity index (χ1n) is 6.53. The molecule has 0 N–H and O–H groups in total. The summed E-state index contributed by atoms with van der Waals surface area (Å²) in [6.07, 6.45) is 0. The van der Waals surface area contributed by atoms with Gasteiger partial charge in [0, 0.05) is 38.9 Å². The molecular weight excluding hydrogens is 256 g/mol. The third-order valence-electron chi connectivity index (χ3n) is 3.35. The third-order valence-corrected chi connectivity index (χ3v) is 3.35. The van der Waals surface area contributed by atoms with Crippen molar-refractivity contribution in [1.82, 2.24) is 9.80 Å². The van der Waals surface area contributed by atoms with Crippen LogP contribution >= 0.6 is 0 Å². The number of hydrogen-bond acceptors (Lipinski definition) is 3. The maximum absolute atomic E-state index is 12.3.